The Morgan fingerprint density at radius 3 is 2.69 bits per heavy atom. The minimum absolute atomic E-state index is 0.154. The van der Waals surface area contributed by atoms with Crippen LogP contribution in [-0.2, 0) is 12.0 Å². The van der Waals surface area contributed by atoms with E-state index in [0.29, 0.717) is 62.1 Å². The predicted molar refractivity (Wildman–Crippen MR) is 137 cm³/mol. The molecule has 0 spiro atoms. The molecule has 0 radical (unpaired) electrons. The first-order valence-corrected chi connectivity index (χ1v) is 12.6. The molecule has 36 heavy (non-hydrogen) atoms. The van der Waals surface area contributed by atoms with Gasteiger partial charge in [-0.05, 0) is 54.9 Å². The zero-order valence-electron chi connectivity index (χ0n) is 20.8. The smallest absolute Gasteiger partial charge is 0.404 e. The highest BCUT2D eigenvalue weighted by Crippen LogP contribution is 2.44. The number of carboxylic acid groups (broad SMARTS) is 1. The largest absolute Gasteiger partial charge is 0.465 e. The van der Waals surface area contributed by atoms with Crippen molar-refractivity contribution >= 4 is 12.1 Å². The van der Waals surface area contributed by atoms with Crippen LogP contribution in [0.5, 0.6) is 0 Å². The van der Waals surface area contributed by atoms with Crippen LogP contribution in [0, 0.1) is 11.7 Å². The molecular formula is C27H37FN4O4. The number of aliphatic hydroxyl groups is 1. The lowest BCUT2D eigenvalue weighted by molar-refractivity contribution is -0.0548. The Morgan fingerprint density at radius 2 is 1.97 bits per heavy atom. The zero-order chi connectivity index (χ0) is 26.1. The Hall–Kier alpha value is -3.17. The van der Waals surface area contributed by atoms with Crippen LogP contribution in [-0.4, -0.2) is 60.0 Å². The van der Waals surface area contributed by atoms with Crippen molar-refractivity contribution in [2.45, 2.75) is 44.6 Å². The van der Waals surface area contributed by atoms with Crippen LogP contribution in [0.1, 0.15) is 43.7 Å². The van der Waals surface area contributed by atoms with Gasteiger partial charge >= 0.3 is 12.1 Å². The molecule has 1 aliphatic rings. The molecule has 196 valence electrons. The zero-order valence-corrected chi connectivity index (χ0v) is 20.8. The van der Waals surface area contributed by atoms with Gasteiger partial charge < -0.3 is 31.5 Å². The molecule has 9 heteroatoms. The molecule has 3 rings (SSSR count). The van der Waals surface area contributed by atoms with E-state index in [9.17, 15) is 14.7 Å². The molecule has 1 aliphatic heterocycles. The quantitative estimate of drug-likeness (QED) is 0.318. The molecular weight excluding hydrogens is 463 g/mol. The average molecular weight is 501 g/mol. The fourth-order valence-corrected chi connectivity index (χ4v) is 5.08. The first kappa shape index (κ1) is 27.4. The Balaban J connectivity index is 2.02. The molecule has 0 bridgehead atoms. The monoisotopic (exact) mass is 500 g/mol. The van der Waals surface area contributed by atoms with Crippen molar-refractivity contribution < 1.29 is 24.2 Å². The van der Waals surface area contributed by atoms with Gasteiger partial charge in [-0.25, -0.2) is 14.0 Å². The number of hydrogen-bond acceptors (Lipinski definition) is 4. The molecule has 1 saturated heterocycles. The van der Waals surface area contributed by atoms with E-state index in [1.807, 2.05) is 31.2 Å². The Kier molecular flexibility index (Phi) is 9.66. The Morgan fingerprint density at radius 1 is 1.19 bits per heavy atom. The summed E-state index contributed by atoms with van der Waals surface area (Å²) in [7, 11) is 0. The summed E-state index contributed by atoms with van der Waals surface area (Å²) in [6, 6.07) is 12.1. The highest BCUT2D eigenvalue weighted by molar-refractivity contribution is 5.74. The van der Waals surface area contributed by atoms with Gasteiger partial charge in [0.1, 0.15) is 5.82 Å². The number of rotatable bonds is 10. The Labute approximate surface area is 211 Å². The van der Waals surface area contributed by atoms with Gasteiger partial charge in [0.15, 0.2) is 0 Å². The molecule has 1 fully saturated rings. The number of urea groups is 1. The fraction of sp³-hybridized carbons (Fsp3) is 0.481. The van der Waals surface area contributed by atoms with Crippen LogP contribution < -0.4 is 16.4 Å². The predicted octanol–water partition coefficient (Wildman–Crippen LogP) is 3.67. The van der Waals surface area contributed by atoms with Crippen LogP contribution in [0.4, 0.5) is 14.0 Å². The van der Waals surface area contributed by atoms with Gasteiger partial charge in [0.2, 0.25) is 0 Å². The van der Waals surface area contributed by atoms with Gasteiger partial charge in [-0.15, -0.1) is 0 Å². The van der Waals surface area contributed by atoms with E-state index in [0.717, 1.165) is 12.0 Å². The lowest BCUT2D eigenvalue weighted by atomic mass is 9.72. The SMILES string of the molecule is CCc1cccc(-c2c(F)cccc2[C@](O)(CCCNC(=O)O)[C@@H]2CCCN(C(=O)NCCN)C2)c1. The first-order chi connectivity index (χ1) is 17.3. The summed E-state index contributed by atoms with van der Waals surface area (Å²) in [5.74, 6) is -0.800. The van der Waals surface area contributed by atoms with E-state index >= 15 is 4.39 Å². The van der Waals surface area contributed by atoms with Crippen molar-refractivity contribution in [1.29, 1.82) is 0 Å². The molecule has 2 aromatic carbocycles. The number of carbonyl (C=O) groups excluding carboxylic acids is 1. The molecule has 0 saturated carbocycles. The van der Waals surface area contributed by atoms with Gasteiger partial charge in [-0.2, -0.15) is 0 Å². The first-order valence-electron chi connectivity index (χ1n) is 12.6. The fourth-order valence-electron chi connectivity index (χ4n) is 5.08. The minimum atomic E-state index is -1.48. The molecule has 6 N–H and O–H groups in total. The number of benzene rings is 2. The normalized spacial score (nSPS) is 17.3. The minimum Gasteiger partial charge on any atom is -0.465 e. The highest BCUT2D eigenvalue weighted by Gasteiger charge is 2.43. The summed E-state index contributed by atoms with van der Waals surface area (Å²) < 4.78 is 15.4. The molecule has 0 aliphatic carbocycles. The standard InChI is InChI=1S/C27H37FN4O4/c1-2-19-7-3-8-20(17-19)24-22(10-4-11-23(24)28)27(36,12-6-14-31-26(34)35)21-9-5-16-32(18-21)25(33)30-15-13-29/h3-4,7-8,10-11,17,21,31,36H,2,5-6,9,12-16,18,29H2,1H3,(H,30,33)(H,34,35)/t21-,27+/m1/s1. The van der Waals surface area contributed by atoms with Crippen molar-refractivity contribution in [2.24, 2.45) is 11.7 Å². The number of likely N-dealkylation sites (tertiary alicyclic amines) is 1. The lowest BCUT2D eigenvalue weighted by Crippen LogP contribution is -2.51. The van der Waals surface area contributed by atoms with Crippen molar-refractivity contribution in [3.63, 3.8) is 0 Å². The summed E-state index contributed by atoms with van der Waals surface area (Å²) >= 11 is 0. The molecule has 2 atom stereocenters. The van der Waals surface area contributed by atoms with Gasteiger partial charge in [-0.3, -0.25) is 0 Å². The van der Waals surface area contributed by atoms with Gasteiger partial charge in [0, 0.05) is 44.2 Å². The molecule has 0 aromatic heterocycles. The van der Waals surface area contributed by atoms with Crippen LogP contribution in [0.3, 0.4) is 0 Å². The van der Waals surface area contributed by atoms with E-state index in [2.05, 4.69) is 10.6 Å². The number of carbonyl (C=O) groups is 2. The lowest BCUT2D eigenvalue weighted by Gasteiger charge is -2.43. The third kappa shape index (κ3) is 6.53. The molecule has 2 aromatic rings. The number of piperidine rings is 1. The maximum atomic E-state index is 15.4. The van der Waals surface area contributed by atoms with E-state index in [1.165, 1.54) is 6.07 Å². The molecule has 1 heterocycles. The number of nitrogens with one attached hydrogen (secondary N) is 2. The summed E-state index contributed by atoms with van der Waals surface area (Å²) in [5, 5.41) is 26.4. The number of hydrogen-bond donors (Lipinski definition) is 5. The number of halogens is 1. The van der Waals surface area contributed by atoms with E-state index in [1.54, 1.807) is 17.0 Å². The van der Waals surface area contributed by atoms with Crippen LogP contribution in [0.15, 0.2) is 42.5 Å². The van der Waals surface area contributed by atoms with Crippen LogP contribution >= 0.6 is 0 Å². The third-order valence-corrected chi connectivity index (χ3v) is 6.92. The van der Waals surface area contributed by atoms with Gasteiger partial charge in [0.25, 0.3) is 0 Å². The average Bonchev–Trinajstić information content (AvgIpc) is 2.89. The topological polar surface area (TPSA) is 128 Å². The third-order valence-electron chi connectivity index (χ3n) is 6.92. The summed E-state index contributed by atoms with van der Waals surface area (Å²) in [6.45, 7) is 3.71. The maximum absolute atomic E-state index is 15.4. The van der Waals surface area contributed by atoms with Gasteiger partial charge in [-0.1, -0.05) is 43.3 Å². The molecule has 0 unspecified atom stereocenters. The van der Waals surface area contributed by atoms with Crippen molar-refractivity contribution in [2.75, 3.05) is 32.7 Å². The van der Waals surface area contributed by atoms with E-state index < -0.39 is 17.5 Å². The van der Waals surface area contributed by atoms with Crippen LogP contribution in [0.2, 0.25) is 0 Å². The van der Waals surface area contributed by atoms with Gasteiger partial charge in [0.05, 0.1) is 5.60 Å². The number of nitrogens with two attached hydrogens (primary N) is 1. The summed E-state index contributed by atoms with van der Waals surface area (Å²) in [4.78, 5) is 25.3. The summed E-state index contributed by atoms with van der Waals surface area (Å²) in [6.07, 6.45) is 1.55. The van der Waals surface area contributed by atoms with E-state index in [4.69, 9.17) is 10.8 Å². The second-order valence-corrected chi connectivity index (χ2v) is 9.28. The second-order valence-electron chi connectivity index (χ2n) is 9.28. The summed E-state index contributed by atoms with van der Waals surface area (Å²) in [5.41, 5.74) is 6.57. The highest BCUT2D eigenvalue weighted by atomic mass is 19.1. The van der Waals surface area contributed by atoms with Crippen LogP contribution in [0.25, 0.3) is 11.1 Å². The number of nitrogens with zero attached hydrogens (tertiary/aromatic N) is 1. The second kappa shape index (κ2) is 12.7. The van der Waals surface area contributed by atoms with Crippen molar-refractivity contribution in [3.8, 4) is 11.1 Å². The number of amides is 3. The maximum Gasteiger partial charge on any atom is 0.404 e. The number of aryl methyl sites for hydroxylation is 1. The van der Waals surface area contributed by atoms with Crippen molar-refractivity contribution in [3.05, 3.63) is 59.4 Å². The Bertz CT molecular complexity index is 1050. The molecule has 8 nitrogen and oxygen atoms in total. The van der Waals surface area contributed by atoms with E-state index in [-0.39, 0.29) is 24.9 Å². The molecule has 3 amide bonds. The van der Waals surface area contributed by atoms with Crippen molar-refractivity contribution in [1.82, 2.24) is 15.5 Å².